The lowest BCUT2D eigenvalue weighted by molar-refractivity contribution is -0.192. The molecule has 3 amide bonds. The number of rotatable bonds is 12. The van der Waals surface area contributed by atoms with Crippen LogP contribution in [0.25, 0.3) is 0 Å². The SMILES string of the molecule is O=C(CCSCc1cccc(C(=O)Nc2ccc(N3CCCCC3)cc2C(=O)NN=Cc2ccc(Cl)c(C(F)(F)F)c2)c1)ON1CCCC1=O. The van der Waals surface area contributed by atoms with E-state index >= 15 is 0 Å². The lowest BCUT2D eigenvalue weighted by Crippen LogP contribution is -2.30. The molecule has 2 N–H and O–H groups in total. The summed E-state index contributed by atoms with van der Waals surface area (Å²) in [5.41, 5.74) is 3.75. The smallest absolute Gasteiger partial charge is 0.372 e. The summed E-state index contributed by atoms with van der Waals surface area (Å²) in [6.07, 6.45) is 0.715. The van der Waals surface area contributed by atoms with Gasteiger partial charge in [-0.25, -0.2) is 10.2 Å². The third kappa shape index (κ3) is 10.0. The molecular weight excluding hydrogens is 695 g/mol. The number of piperidine rings is 1. The number of thioether (sulfide) groups is 1. The fourth-order valence-corrected chi connectivity index (χ4v) is 6.57. The van der Waals surface area contributed by atoms with Gasteiger partial charge < -0.3 is 15.1 Å². The first-order valence-electron chi connectivity index (χ1n) is 16.1. The summed E-state index contributed by atoms with van der Waals surface area (Å²) in [7, 11) is 0. The van der Waals surface area contributed by atoms with E-state index in [1.54, 1.807) is 30.3 Å². The van der Waals surface area contributed by atoms with Gasteiger partial charge in [-0.2, -0.15) is 35.1 Å². The molecule has 0 atom stereocenters. The van der Waals surface area contributed by atoms with Crippen LogP contribution in [0.4, 0.5) is 24.5 Å². The molecule has 2 aliphatic heterocycles. The molecule has 50 heavy (non-hydrogen) atoms. The minimum absolute atomic E-state index is 0.0779. The molecule has 2 heterocycles. The maximum atomic E-state index is 13.4. The van der Waals surface area contributed by atoms with E-state index in [2.05, 4.69) is 20.7 Å². The minimum atomic E-state index is -4.66. The Hall–Kier alpha value is -4.56. The maximum absolute atomic E-state index is 13.4. The number of hydrogen-bond acceptors (Lipinski definition) is 8. The van der Waals surface area contributed by atoms with Gasteiger partial charge in [-0.1, -0.05) is 29.8 Å². The molecule has 2 aliphatic rings. The van der Waals surface area contributed by atoms with Gasteiger partial charge >= 0.3 is 12.1 Å². The van der Waals surface area contributed by atoms with Gasteiger partial charge in [-0.3, -0.25) is 14.4 Å². The van der Waals surface area contributed by atoms with E-state index < -0.39 is 34.5 Å². The second-order valence-corrected chi connectivity index (χ2v) is 13.2. The molecule has 15 heteroatoms. The standard InChI is InChI=1S/C35H35ClF3N5O5S/c36-29-11-9-23(19-28(29)35(37,38)39)21-40-42-34(48)27-20-26(43-14-2-1-3-15-43)10-12-30(27)41-33(47)25-7-4-6-24(18-25)22-50-17-13-32(46)49-44-16-5-8-31(44)45/h4,6-7,9-12,18-21H,1-3,5,8,13-17,22H2,(H,41,47)(H,42,48). The van der Waals surface area contributed by atoms with Gasteiger partial charge in [0.25, 0.3) is 17.7 Å². The highest BCUT2D eigenvalue weighted by Crippen LogP contribution is 2.35. The molecule has 0 bridgehead atoms. The van der Waals surface area contributed by atoms with Gasteiger partial charge in [0.15, 0.2) is 0 Å². The van der Waals surface area contributed by atoms with Crippen LogP contribution >= 0.6 is 23.4 Å². The number of hydroxylamine groups is 2. The van der Waals surface area contributed by atoms with E-state index in [1.165, 1.54) is 17.8 Å². The van der Waals surface area contributed by atoms with Crippen LogP contribution in [0.5, 0.6) is 0 Å². The number of anilines is 2. The Labute approximate surface area is 296 Å². The number of benzene rings is 3. The van der Waals surface area contributed by atoms with Crippen molar-refractivity contribution >= 4 is 64.6 Å². The van der Waals surface area contributed by atoms with E-state index in [0.29, 0.717) is 36.5 Å². The van der Waals surface area contributed by atoms with Crippen molar-refractivity contribution in [2.45, 2.75) is 50.5 Å². The molecular formula is C35H35ClF3N5O5S. The van der Waals surface area contributed by atoms with Crippen LogP contribution in [0.2, 0.25) is 5.02 Å². The summed E-state index contributed by atoms with van der Waals surface area (Å²) in [5, 5.41) is 7.34. The van der Waals surface area contributed by atoms with Crippen LogP contribution in [0.15, 0.2) is 65.8 Å². The summed E-state index contributed by atoms with van der Waals surface area (Å²) < 4.78 is 39.9. The van der Waals surface area contributed by atoms with Crippen LogP contribution in [0.1, 0.15) is 75.9 Å². The summed E-state index contributed by atoms with van der Waals surface area (Å²) in [5.74, 6) is -0.814. The highest BCUT2D eigenvalue weighted by molar-refractivity contribution is 7.98. The molecule has 10 nitrogen and oxygen atoms in total. The van der Waals surface area contributed by atoms with E-state index in [0.717, 1.165) is 67.0 Å². The number of nitrogens with one attached hydrogen (secondary N) is 2. The van der Waals surface area contributed by atoms with Crippen molar-refractivity contribution in [2.75, 3.05) is 35.6 Å². The topological polar surface area (TPSA) is 120 Å². The molecule has 0 spiro atoms. The van der Waals surface area contributed by atoms with E-state index in [-0.39, 0.29) is 29.1 Å². The normalized spacial score (nSPS) is 15.0. The van der Waals surface area contributed by atoms with Crippen molar-refractivity contribution in [3.8, 4) is 0 Å². The second-order valence-electron chi connectivity index (χ2n) is 11.7. The molecule has 0 unspecified atom stereocenters. The number of hydrogen-bond donors (Lipinski definition) is 2. The maximum Gasteiger partial charge on any atom is 0.417 e. The largest absolute Gasteiger partial charge is 0.417 e. The molecule has 264 valence electrons. The molecule has 5 rings (SSSR count). The lowest BCUT2D eigenvalue weighted by Gasteiger charge is -2.29. The Kier molecular flexibility index (Phi) is 12.4. The Bertz CT molecular complexity index is 1770. The summed E-state index contributed by atoms with van der Waals surface area (Å²) >= 11 is 7.18. The van der Waals surface area contributed by atoms with Crippen LogP contribution in [0, 0.1) is 0 Å². The number of hydrazone groups is 1. The van der Waals surface area contributed by atoms with E-state index in [9.17, 15) is 32.3 Å². The van der Waals surface area contributed by atoms with Crippen LogP contribution < -0.4 is 15.6 Å². The fraction of sp³-hybridized carbons (Fsp3) is 0.343. The predicted octanol–water partition coefficient (Wildman–Crippen LogP) is 7.07. The summed E-state index contributed by atoms with van der Waals surface area (Å²) in [6.45, 7) is 2.04. The fourth-order valence-electron chi connectivity index (χ4n) is 5.47. The van der Waals surface area contributed by atoms with E-state index in [4.69, 9.17) is 16.4 Å². The molecule has 0 saturated carbocycles. The van der Waals surface area contributed by atoms with Gasteiger partial charge in [0, 0.05) is 42.3 Å². The quantitative estimate of drug-likeness (QED) is 0.116. The zero-order chi connectivity index (χ0) is 35.7. The van der Waals surface area contributed by atoms with Crippen molar-refractivity contribution in [1.82, 2.24) is 10.5 Å². The molecule has 3 aromatic rings. The Balaban J connectivity index is 1.24. The van der Waals surface area contributed by atoms with Crippen molar-refractivity contribution in [1.29, 1.82) is 0 Å². The number of carbonyl (C=O) groups is 4. The summed E-state index contributed by atoms with van der Waals surface area (Å²) in [6, 6.07) is 15.4. The van der Waals surface area contributed by atoms with Crippen LogP contribution in [0.3, 0.4) is 0 Å². The first-order valence-corrected chi connectivity index (χ1v) is 17.6. The van der Waals surface area contributed by atoms with Gasteiger partial charge in [0.2, 0.25) is 0 Å². The predicted molar refractivity (Wildman–Crippen MR) is 186 cm³/mol. The third-order valence-electron chi connectivity index (χ3n) is 8.04. The second kappa shape index (κ2) is 16.9. The molecule has 2 fully saturated rings. The van der Waals surface area contributed by atoms with Crippen LogP contribution in [-0.2, 0) is 26.4 Å². The van der Waals surface area contributed by atoms with Crippen molar-refractivity contribution in [3.63, 3.8) is 0 Å². The number of nitrogens with zero attached hydrogens (tertiary/aromatic N) is 3. The first kappa shape index (κ1) is 36.7. The molecule has 3 aromatic carbocycles. The van der Waals surface area contributed by atoms with Gasteiger partial charge in [-0.15, -0.1) is 0 Å². The van der Waals surface area contributed by atoms with Gasteiger partial charge in [-0.05, 0) is 79.3 Å². The molecule has 0 aliphatic carbocycles. The van der Waals surface area contributed by atoms with Crippen LogP contribution in [-0.4, -0.2) is 60.4 Å². The zero-order valence-electron chi connectivity index (χ0n) is 26.9. The Morgan fingerprint density at radius 3 is 2.50 bits per heavy atom. The third-order valence-corrected chi connectivity index (χ3v) is 9.40. The lowest BCUT2D eigenvalue weighted by atomic mass is 10.1. The van der Waals surface area contributed by atoms with Gasteiger partial charge in [0.1, 0.15) is 0 Å². The van der Waals surface area contributed by atoms with Gasteiger partial charge in [0.05, 0.1) is 41.0 Å². The summed E-state index contributed by atoms with van der Waals surface area (Å²) in [4.78, 5) is 57.8. The Morgan fingerprint density at radius 2 is 1.76 bits per heavy atom. The molecule has 0 aromatic heterocycles. The molecule has 0 radical (unpaired) electrons. The molecule has 2 saturated heterocycles. The number of amides is 3. The van der Waals surface area contributed by atoms with Crippen molar-refractivity contribution in [2.24, 2.45) is 5.10 Å². The monoisotopic (exact) mass is 729 g/mol. The van der Waals surface area contributed by atoms with E-state index in [1.807, 2.05) is 12.1 Å². The number of halogens is 4. The average Bonchev–Trinajstić information content (AvgIpc) is 3.51. The number of alkyl halides is 3. The highest BCUT2D eigenvalue weighted by atomic mass is 35.5. The number of carbonyl (C=O) groups excluding carboxylic acids is 4. The first-order chi connectivity index (χ1) is 24.0. The average molecular weight is 730 g/mol. The van der Waals surface area contributed by atoms with Crippen molar-refractivity contribution in [3.05, 3.63) is 93.5 Å². The minimum Gasteiger partial charge on any atom is -0.372 e. The zero-order valence-corrected chi connectivity index (χ0v) is 28.5. The van der Waals surface area contributed by atoms with Crippen molar-refractivity contribution < 1.29 is 37.2 Å². The Morgan fingerprint density at radius 1 is 0.960 bits per heavy atom. The highest BCUT2D eigenvalue weighted by Gasteiger charge is 2.33.